The van der Waals surface area contributed by atoms with Crippen LogP contribution in [0.25, 0.3) is 33.2 Å². The molecule has 0 bridgehead atoms. The van der Waals surface area contributed by atoms with Gasteiger partial charge in [-0.05, 0) is 32.3 Å². The zero-order chi connectivity index (χ0) is 26.3. The second kappa shape index (κ2) is 9.51. The van der Waals surface area contributed by atoms with Gasteiger partial charge in [0.1, 0.15) is 11.3 Å². The highest BCUT2D eigenvalue weighted by Gasteiger charge is 2.21. The minimum Gasteiger partial charge on any atom is -0.368 e. The molecular weight excluding hydrogens is 475 g/mol. The van der Waals surface area contributed by atoms with Gasteiger partial charge in [0.25, 0.3) is 5.69 Å². The van der Waals surface area contributed by atoms with Crippen LogP contribution in [0.2, 0.25) is 0 Å². The van der Waals surface area contributed by atoms with E-state index in [1.807, 2.05) is 73.0 Å². The first-order valence-electron chi connectivity index (χ1n) is 11.7. The van der Waals surface area contributed by atoms with E-state index in [1.54, 1.807) is 12.1 Å². The molecule has 0 unspecified atom stereocenters. The van der Waals surface area contributed by atoms with Crippen LogP contribution in [0.4, 0.5) is 27.4 Å². The number of nitro benzene ring substituents is 1. The zero-order valence-corrected chi connectivity index (χ0v) is 21.0. The summed E-state index contributed by atoms with van der Waals surface area (Å²) in [4.78, 5) is 27.3. The summed E-state index contributed by atoms with van der Waals surface area (Å²) < 4.78 is 16.8. The Morgan fingerprint density at radius 3 is 2.68 bits per heavy atom. The molecule has 10 nitrogen and oxygen atoms in total. The maximum atomic E-state index is 14.8. The van der Waals surface area contributed by atoms with Crippen LogP contribution < -0.4 is 10.2 Å². The van der Waals surface area contributed by atoms with Gasteiger partial charge < -0.3 is 24.7 Å². The molecule has 11 heteroatoms. The Labute approximate surface area is 212 Å². The van der Waals surface area contributed by atoms with Gasteiger partial charge in [0.15, 0.2) is 5.82 Å². The normalized spacial score (nSPS) is 11.5. The highest BCUT2D eigenvalue weighted by molar-refractivity contribution is 6.03. The molecule has 0 aliphatic rings. The third kappa shape index (κ3) is 4.56. The molecule has 0 radical (unpaired) electrons. The van der Waals surface area contributed by atoms with Crippen LogP contribution in [-0.4, -0.2) is 63.6 Å². The van der Waals surface area contributed by atoms with E-state index in [4.69, 9.17) is 0 Å². The second-order valence-corrected chi connectivity index (χ2v) is 9.24. The molecule has 37 heavy (non-hydrogen) atoms. The van der Waals surface area contributed by atoms with Gasteiger partial charge in [0.05, 0.1) is 16.0 Å². The van der Waals surface area contributed by atoms with Crippen molar-refractivity contribution < 1.29 is 9.31 Å². The van der Waals surface area contributed by atoms with E-state index in [0.29, 0.717) is 29.3 Å². The quantitative estimate of drug-likeness (QED) is 0.229. The predicted octanol–water partition coefficient (Wildman–Crippen LogP) is 4.91. The molecule has 3 aromatic heterocycles. The SMILES string of the molecule is CN(C)CCN(C)c1ccc(Nc2nc(-c3cn(C)c4ccccc34)c3c(F)c[nH]c3n2)cc1[N+](=O)[O-]. The fourth-order valence-electron chi connectivity index (χ4n) is 4.45. The summed E-state index contributed by atoms with van der Waals surface area (Å²) >= 11 is 0. The van der Waals surface area contributed by atoms with Gasteiger partial charge in [-0.3, -0.25) is 10.1 Å². The van der Waals surface area contributed by atoms with Crippen LogP contribution in [0.3, 0.4) is 0 Å². The lowest BCUT2D eigenvalue weighted by molar-refractivity contribution is -0.384. The van der Waals surface area contributed by atoms with Crippen molar-refractivity contribution in [2.75, 3.05) is 44.4 Å². The summed E-state index contributed by atoms with van der Waals surface area (Å²) in [5.41, 5.74) is 3.43. The molecule has 0 saturated heterocycles. The fourth-order valence-corrected chi connectivity index (χ4v) is 4.45. The molecule has 0 aliphatic heterocycles. The largest absolute Gasteiger partial charge is 0.368 e. The minimum absolute atomic E-state index is 0.0347. The van der Waals surface area contributed by atoms with Gasteiger partial charge in [-0.1, -0.05) is 18.2 Å². The van der Waals surface area contributed by atoms with Crippen LogP contribution in [0.1, 0.15) is 0 Å². The Morgan fingerprint density at radius 2 is 1.92 bits per heavy atom. The summed E-state index contributed by atoms with van der Waals surface area (Å²) in [6.07, 6.45) is 3.16. The standard InChI is InChI=1S/C26H27FN8O2/c1-32(2)11-12-33(3)21-10-9-16(13-22(21)35(36)37)29-26-30-24(23-19(27)14-28-25(23)31-26)18-15-34(4)20-8-6-5-7-17(18)20/h5-10,13-15H,11-12H2,1-4H3,(H2,28,29,30,31). The van der Waals surface area contributed by atoms with E-state index in [9.17, 15) is 14.5 Å². The van der Waals surface area contributed by atoms with E-state index in [1.165, 1.54) is 12.3 Å². The smallest absolute Gasteiger partial charge is 0.294 e. The van der Waals surface area contributed by atoms with Crippen LogP contribution in [-0.2, 0) is 7.05 Å². The van der Waals surface area contributed by atoms with Crippen LogP contribution in [0.5, 0.6) is 0 Å². The summed E-state index contributed by atoms with van der Waals surface area (Å²) in [5, 5.41) is 16.2. The van der Waals surface area contributed by atoms with Crippen molar-refractivity contribution in [3.8, 4) is 11.3 Å². The van der Waals surface area contributed by atoms with Crippen molar-refractivity contribution in [3.63, 3.8) is 0 Å². The third-order valence-corrected chi connectivity index (χ3v) is 6.36. The van der Waals surface area contributed by atoms with E-state index < -0.39 is 10.7 Å². The minimum atomic E-state index is -0.453. The van der Waals surface area contributed by atoms with Gasteiger partial charge in [-0.15, -0.1) is 0 Å². The number of rotatable bonds is 8. The molecule has 0 spiro atoms. The number of H-pyrrole nitrogens is 1. The summed E-state index contributed by atoms with van der Waals surface area (Å²) in [6.45, 7) is 1.39. The van der Waals surface area contributed by atoms with E-state index in [-0.39, 0.29) is 17.0 Å². The number of halogens is 1. The molecule has 0 fully saturated rings. The first-order chi connectivity index (χ1) is 17.7. The number of hydrogen-bond donors (Lipinski definition) is 2. The number of para-hydroxylation sites is 1. The maximum absolute atomic E-state index is 14.8. The number of fused-ring (bicyclic) bond motifs is 2. The monoisotopic (exact) mass is 502 g/mol. The third-order valence-electron chi connectivity index (χ3n) is 6.36. The zero-order valence-electron chi connectivity index (χ0n) is 21.0. The number of aryl methyl sites for hydroxylation is 1. The topological polar surface area (TPSA) is 108 Å². The number of likely N-dealkylation sites (N-methyl/N-ethyl adjacent to an activating group) is 2. The number of nitro groups is 1. The molecular formula is C26H27FN8O2. The molecule has 2 N–H and O–H groups in total. The Hall–Kier alpha value is -4.51. The molecule has 0 atom stereocenters. The average Bonchev–Trinajstić information content (AvgIpc) is 3.42. The summed E-state index contributed by atoms with van der Waals surface area (Å²) in [5.74, 6) is -0.259. The average molecular weight is 503 g/mol. The maximum Gasteiger partial charge on any atom is 0.294 e. The second-order valence-electron chi connectivity index (χ2n) is 9.24. The summed E-state index contributed by atoms with van der Waals surface area (Å²) in [7, 11) is 7.66. The Balaban J connectivity index is 1.56. The van der Waals surface area contributed by atoms with Gasteiger partial charge >= 0.3 is 0 Å². The predicted molar refractivity (Wildman–Crippen MR) is 144 cm³/mol. The molecule has 0 aliphatic carbocycles. The Kier molecular flexibility index (Phi) is 6.22. The molecule has 5 rings (SSSR count). The highest BCUT2D eigenvalue weighted by atomic mass is 19.1. The number of hydrogen-bond acceptors (Lipinski definition) is 7. The van der Waals surface area contributed by atoms with E-state index >= 15 is 0 Å². The van der Waals surface area contributed by atoms with Crippen molar-refractivity contribution in [1.29, 1.82) is 0 Å². The number of benzene rings is 2. The van der Waals surface area contributed by atoms with E-state index in [0.717, 1.165) is 23.0 Å². The van der Waals surface area contributed by atoms with Gasteiger partial charge in [-0.2, -0.15) is 4.98 Å². The first-order valence-corrected chi connectivity index (χ1v) is 11.7. The van der Waals surface area contributed by atoms with Gasteiger partial charge in [0, 0.05) is 67.8 Å². The van der Waals surface area contributed by atoms with Crippen molar-refractivity contribution in [3.05, 3.63) is 70.8 Å². The van der Waals surface area contributed by atoms with Crippen molar-refractivity contribution >= 4 is 44.9 Å². The van der Waals surface area contributed by atoms with Crippen LogP contribution in [0.15, 0.2) is 54.9 Å². The van der Waals surface area contributed by atoms with Crippen LogP contribution >= 0.6 is 0 Å². The van der Waals surface area contributed by atoms with Crippen molar-refractivity contribution in [2.24, 2.45) is 7.05 Å². The Morgan fingerprint density at radius 1 is 1.14 bits per heavy atom. The molecule has 2 aromatic carbocycles. The molecule has 0 amide bonds. The molecule has 5 aromatic rings. The van der Waals surface area contributed by atoms with Gasteiger partial charge in [-0.25, -0.2) is 9.37 Å². The number of anilines is 3. The molecule has 3 heterocycles. The molecule has 0 saturated carbocycles. The number of nitrogens with zero attached hydrogens (tertiary/aromatic N) is 6. The number of nitrogens with one attached hydrogen (secondary N) is 2. The lowest BCUT2D eigenvalue weighted by Crippen LogP contribution is -2.28. The number of aromatic nitrogens is 4. The summed E-state index contributed by atoms with van der Waals surface area (Å²) in [6, 6.07) is 12.7. The van der Waals surface area contributed by atoms with E-state index in [2.05, 4.69) is 20.3 Å². The van der Waals surface area contributed by atoms with Crippen LogP contribution in [0, 0.1) is 15.9 Å². The molecule has 190 valence electrons. The van der Waals surface area contributed by atoms with Gasteiger partial charge in [0.2, 0.25) is 5.95 Å². The van der Waals surface area contributed by atoms with Crippen molar-refractivity contribution in [2.45, 2.75) is 0 Å². The fraction of sp³-hybridized carbons (Fsp3) is 0.231. The lowest BCUT2D eigenvalue weighted by atomic mass is 10.1. The lowest BCUT2D eigenvalue weighted by Gasteiger charge is -2.21. The first kappa shape index (κ1) is 24.2. The number of aromatic amines is 1. The van der Waals surface area contributed by atoms with Crippen molar-refractivity contribution in [1.82, 2.24) is 24.4 Å². The Bertz CT molecular complexity index is 1620. The highest BCUT2D eigenvalue weighted by Crippen LogP contribution is 2.36.